The summed E-state index contributed by atoms with van der Waals surface area (Å²) in [5.74, 6) is -4.68. The summed E-state index contributed by atoms with van der Waals surface area (Å²) in [7, 11) is 0. The molecule has 1 unspecified atom stereocenters. The van der Waals surface area contributed by atoms with Gasteiger partial charge >= 0.3 is 0 Å². The van der Waals surface area contributed by atoms with Crippen molar-refractivity contribution in [2.24, 2.45) is 0 Å². The fraction of sp³-hybridized carbons (Fsp3) is 0.400. The molecular formula is C20H18F4O2. The van der Waals surface area contributed by atoms with Crippen LogP contribution in [0.5, 0.6) is 0 Å². The van der Waals surface area contributed by atoms with Crippen LogP contribution < -0.4 is 0 Å². The number of ether oxygens (including phenoxy) is 1. The summed E-state index contributed by atoms with van der Waals surface area (Å²) < 4.78 is 62.8. The Bertz CT molecular complexity index is 840. The van der Waals surface area contributed by atoms with E-state index in [4.69, 9.17) is 4.74 Å². The van der Waals surface area contributed by atoms with Gasteiger partial charge in [0.2, 0.25) is 0 Å². The van der Waals surface area contributed by atoms with E-state index in [0.29, 0.717) is 32.3 Å². The van der Waals surface area contributed by atoms with E-state index in [-0.39, 0.29) is 28.2 Å². The van der Waals surface area contributed by atoms with Gasteiger partial charge in [0, 0.05) is 16.7 Å². The maximum absolute atomic E-state index is 14.6. The zero-order chi connectivity index (χ0) is 18.4. The summed E-state index contributed by atoms with van der Waals surface area (Å²) in [6.07, 6.45) is 1.34. The maximum atomic E-state index is 14.6. The summed E-state index contributed by atoms with van der Waals surface area (Å²) in [4.78, 5) is 0. The van der Waals surface area contributed by atoms with Crippen LogP contribution in [0.15, 0.2) is 24.3 Å². The summed E-state index contributed by atoms with van der Waals surface area (Å²) in [6.45, 7) is 0.323. The van der Waals surface area contributed by atoms with Crippen molar-refractivity contribution in [3.05, 3.63) is 58.7 Å². The standard InChI is InChI=1S/C20H18F4O2/c21-17-12(10-1-3-11(25)4-2-10)5-6-13(18(17)22)14-7-8-15(16-9-26-16)20(24)19(14)23/h5-8,10-11,16,25H,1-4,9H2. The highest BCUT2D eigenvalue weighted by Gasteiger charge is 2.31. The molecule has 2 aliphatic rings. The van der Waals surface area contributed by atoms with E-state index < -0.39 is 35.5 Å². The van der Waals surface area contributed by atoms with Crippen LogP contribution in [0.25, 0.3) is 11.1 Å². The van der Waals surface area contributed by atoms with E-state index in [2.05, 4.69) is 0 Å². The zero-order valence-electron chi connectivity index (χ0n) is 13.9. The van der Waals surface area contributed by atoms with E-state index in [1.807, 2.05) is 0 Å². The molecule has 1 atom stereocenters. The number of aliphatic hydroxyl groups excluding tert-OH is 1. The molecule has 1 saturated carbocycles. The summed E-state index contributed by atoms with van der Waals surface area (Å²) in [5.41, 5.74) is -0.303. The van der Waals surface area contributed by atoms with Crippen LogP contribution in [0.2, 0.25) is 0 Å². The smallest absolute Gasteiger partial charge is 0.167 e. The monoisotopic (exact) mass is 366 g/mol. The van der Waals surface area contributed by atoms with E-state index in [9.17, 15) is 22.7 Å². The van der Waals surface area contributed by atoms with Crippen LogP contribution in [0.1, 0.15) is 48.8 Å². The number of hydrogen-bond donors (Lipinski definition) is 1. The van der Waals surface area contributed by atoms with Crippen molar-refractivity contribution >= 4 is 0 Å². The van der Waals surface area contributed by atoms with Crippen molar-refractivity contribution in [2.45, 2.75) is 43.8 Å². The van der Waals surface area contributed by atoms with Crippen molar-refractivity contribution in [2.75, 3.05) is 6.61 Å². The Labute approximate surface area is 148 Å². The predicted octanol–water partition coefficient (Wildman–Crippen LogP) is 5.00. The predicted molar refractivity (Wildman–Crippen MR) is 87.6 cm³/mol. The van der Waals surface area contributed by atoms with Gasteiger partial charge in [0.05, 0.1) is 12.7 Å². The van der Waals surface area contributed by atoms with Gasteiger partial charge in [-0.05, 0) is 37.2 Å². The lowest BCUT2D eigenvalue weighted by molar-refractivity contribution is 0.122. The van der Waals surface area contributed by atoms with Crippen LogP contribution in [-0.2, 0) is 4.74 Å². The molecule has 26 heavy (non-hydrogen) atoms. The van der Waals surface area contributed by atoms with Crippen molar-refractivity contribution < 1.29 is 27.4 Å². The molecule has 0 amide bonds. The van der Waals surface area contributed by atoms with Crippen LogP contribution in [0, 0.1) is 23.3 Å². The van der Waals surface area contributed by atoms with Crippen LogP contribution in [0.3, 0.4) is 0 Å². The van der Waals surface area contributed by atoms with E-state index in [1.165, 1.54) is 24.3 Å². The highest BCUT2D eigenvalue weighted by atomic mass is 19.2. The molecule has 2 aromatic carbocycles. The fourth-order valence-corrected chi connectivity index (χ4v) is 3.72. The van der Waals surface area contributed by atoms with Gasteiger partial charge in [-0.25, -0.2) is 17.6 Å². The maximum Gasteiger partial charge on any atom is 0.167 e. The molecule has 2 aromatic rings. The first kappa shape index (κ1) is 17.5. The second kappa shape index (κ2) is 6.67. The SMILES string of the molecule is OC1CCC(c2ccc(-c3ccc(C4CO4)c(F)c3F)c(F)c2F)CC1. The molecule has 138 valence electrons. The number of aliphatic hydroxyl groups is 1. The van der Waals surface area contributed by atoms with Gasteiger partial charge in [0.25, 0.3) is 0 Å². The molecule has 2 fully saturated rings. The Hall–Kier alpha value is -1.92. The molecule has 0 radical (unpaired) electrons. The Morgan fingerprint density at radius 2 is 1.23 bits per heavy atom. The molecule has 1 saturated heterocycles. The number of benzene rings is 2. The third kappa shape index (κ3) is 3.01. The molecule has 1 aliphatic carbocycles. The normalized spacial score (nSPS) is 25.3. The molecular weight excluding hydrogens is 348 g/mol. The van der Waals surface area contributed by atoms with Gasteiger partial charge in [-0.1, -0.05) is 24.3 Å². The quantitative estimate of drug-likeness (QED) is 0.613. The van der Waals surface area contributed by atoms with Crippen molar-refractivity contribution in [3.63, 3.8) is 0 Å². The molecule has 1 aliphatic heterocycles. The van der Waals surface area contributed by atoms with E-state index in [0.717, 1.165) is 0 Å². The van der Waals surface area contributed by atoms with Crippen LogP contribution >= 0.6 is 0 Å². The molecule has 0 bridgehead atoms. The first-order valence-corrected chi connectivity index (χ1v) is 8.73. The minimum absolute atomic E-state index is 0.0875. The van der Waals surface area contributed by atoms with Gasteiger partial charge in [-0.15, -0.1) is 0 Å². The molecule has 6 heteroatoms. The lowest BCUT2D eigenvalue weighted by atomic mass is 9.82. The third-order valence-electron chi connectivity index (χ3n) is 5.33. The molecule has 4 rings (SSSR count). The number of epoxide rings is 1. The Balaban J connectivity index is 1.70. The minimum atomic E-state index is -1.20. The molecule has 0 spiro atoms. The Morgan fingerprint density at radius 3 is 1.77 bits per heavy atom. The average Bonchev–Trinajstić information content (AvgIpc) is 3.46. The van der Waals surface area contributed by atoms with Gasteiger partial charge in [-0.2, -0.15) is 0 Å². The Kier molecular flexibility index (Phi) is 4.49. The van der Waals surface area contributed by atoms with Crippen molar-refractivity contribution in [3.8, 4) is 11.1 Å². The van der Waals surface area contributed by atoms with Crippen molar-refractivity contribution in [1.29, 1.82) is 0 Å². The average molecular weight is 366 g/mol. The first-order valence-electron chi connectivity index (χ1n) is 8.73. The largest absolute Gasteiger partial charge is 0.393 e. The molecule has 1 N–H and O–H groups in total. The lowest BCUT2D eigenvalue weighted by Gasteiger charge is -2.26. The zero-order valence-corrected chi connectivity index (χ0v) is 13.9. The van der Waals surface area contributed by atoms with Crippen LogP contribution in [0.4, 0.5) is 17.6 Å². The first-order chi connectivity index (χ1) is 12.5. The third-order valence-corrected chi connectivity index (χ3v) is 5.33. The summed E-state index contributed by atoms with van der Waals surface area (Å²) in [6, 6.07) is 5.33. The Morgan fingerprint density at radius 1 is 0.731 bits per heavy atom. The van der Waals surface area contributed by atoms with Gasteiger partial charge in [0.15, 0.2) is 23.3 Å². The highest BCUT2D eigenvalue weighted by Crippen LogP contribution is 2.39. The minimum Gasteiger partial charge on any atom is -0.393 e. The number of rotatable bonds is 3. The second-order valence-corrected chi connectivity index (χ2v) is 6.99. The summed E-state index contributed by atoms with van der Waals surface area (Å²) in [5, 5.41) is 9.56. The van der Waals surface area contributed by atoms with Crippen LogP contribution in [-0.4, -0.2) is 17.8 Å². The van der Waals surface area contributed by atoms with E-state index in [1.54, 1.807) is 0 Å². The molecule has 2 nitrogen and oxygen atoms in total. The van der Waals surface area contributed by atoms with E-state index >= 15 is 0 Å². The second-order valence-electron chi connectivity index (χ2n) is 6.99. The summed E-state index contributed by atoms with van der Waals surface area (Å²) >= 11 is 0. The fourth-order valence-electron chi connectivity index (χ4n) is 3.72. The highest BCUT2D eigenvalue weighted by molar-refractivity contribution is 5.66. The van der Waals surface area contributed by atoms with Gasteiger partial charge in [0.1, 0.15) is 6.10 Å². The van der Waals surface area contributed by atoms with Crippen molar-refractivity contribution in [1.82, 2.24) is 0 Å². The number of hydrogen-bond acceptors (Lipinski definition) is 2. The lowest BCUT2D eigenvalue weighted by Crippen LogP contribution is -2.18. The molecule has 1 heterocycles. The molecule has 0 aromatic heterocycles. The van der Waals surface area contributed by atoms with Gasteiger partial charge in [-0.3, -0.25) is 0 Å². The van der Waals surface area contributed by atoms with Gasteiger partial charge < -0.3 is 9.84 Å². The topological polar surface area (TPSA) is 32.8 Å². The number of halogens is 4.